The summed E-state index contributed by atoms with van der Waals surface area (Å²) in [6.07, 6.45) is -1.75. The third-order valence-electron chi connectivity index (χ3n) is 6.13. The van der Waals surface area contributed by atoms with E-state index >= 15 is 0 Å². The number of nitrogens with zero attached hydrogens (tertiary/aromatic N) is 1. The number of halogens is 3. The molecular weight excluding hydrogens is 441 g/mol. The van der Waals surface area contributed by atoms with Gasteiger partial charge in [0.25, 0.3) is 0 Å². The third kappa shape index (κ3) is 3.60. The fourth-order valence-electron chi connectivity index (χ4n) is 4.82. The fourth-order valence-corrected chi connectivity index (χ4v) is 4.82. The molecule has 0 aliphatic carbocycles. The lowest BCUT2D eigenvalue weighted by molar-refractivity contribution is -0.274. The molecule has 3 aliphatic heterocycles. The summed E-state index contributed by atoms with van der Waals surface area (Å²) in [6.45, 7) is 0.247. The summed E-state index contributed by atoms with van der Waals surface area (Å²) in [5, 5.41) is 2.68. The Labute approximate surface area is 186 Å². The van der Waals surface area contributed by atoms with E-state index in [1.807, 2.05) is 6.08 Å². The predicted molar refractivity (Wildman–Crippen MR) is 111 cm³/mol. The van der Waals surface area contributed by atoms with Gasteiger partial charge in [0.1, 0.15) is 17.1 Å². The van der Waals surface area contributed by atoms with E-state index in [0.29, 0.717) is 11.4 Å². The molecule has 172 valence electrons. The Kier molecular flexibility index (Phi) is 4.86. The summed E-state index contributed by atoms with van der Waals surface area (Å²) in [6, 6.07) is 11.9. The van der Waals surface area contributed by atoms with E-state index in [9.17, 15) is 22.8 Å². The molecule has 0 unspecified atom stereocenters. The molecule has 0 aromatic heterocycles. The molecule has 2 aromatic rings. The first-order valence-corrected chi connectivity index (χ1v) is 10.2. The van der Waals surface area contributed by atoms with Crippen LogP contribution in [0.15, 0.2) is 60.7 Å². The Balaban J connectivity index is 1.36. The molecular formula is C23H19F3N2O5. The van der Waals surface area contributed by atoms with Crippen molar-refractivity contribution in [3.63, 3.8) is 0 Å². The van der Waals surface area contributed by atoms with E-state index in [4.69, 9.17) is 9.47 Å². The van der Waals surface area contributed by atoms with Crippen LogP contribution >= 0.6 is 0 Å². The highest BCUT2D eigenvalue weighted by atomic mass is 19.4. The van der Waals surface area contributed by atoms with Crippen molar-refractivity contribution in [2.75, 3.05) is 23.9 Å². The number of carbonyl (C=O) groups is 2. The second-order valence-electron chi connectivity index (χ2n) is 8.06. The lowest BCUT2D eigenvalue weighted by atomic mass is 9.77. The highest BCUT2D eigenvalue weighted by Crippen LogP contribution is 2.53. The first-order valence-electron chi connectivity index (χ1n) is 10.2. The van der Waals surface area contributed by atoms with E-state index in [2.05, 4.69) is 10.1 Å². The third-order valence-corrected chi connectivity index (χ3v) is 6.13. The summed E-state index contributed by atoms with van der Waals surface area (Å²) >= 11 is 0. The highest BCUT2D eigenvalue weighted by molar-refractivity contribution is 6.06. The van der Waals surface area contributed by atoms with Crippen LogP contribution in [0.3, 0.4) is 0 Å². The molecule has 33 heavy (non-hydrogen) atoms. The Morgan fingerprint density at radius 3 is 2.61 bits per heavy atom. The molecule has 2 aromatic carbocycles. The first-order chi connectivity index (χ1) is 15.7. The van der Waals surface area contributed by atoms with Gasteiger partial charge in [0.15, 0.2) is 0 Å². The normalized spacial score (nSPS) is 27.6. The van der Waals surface area contributed by atoms with Gasteiger partial charge >= 0.3 is 6.36 Å². The van der Waals surface area contributed by atoms with Crippen LogP contribution < -0.4 is 19.7 Å². The minimum atomic E-state index is -4.80. The Morgan fingerprint density at radius 1 is 1.18 bits per heavy atom. The molecule has 2 saturated heterocycles. The van der Waals surface area contributed by atoms with Crippen molar-refractivity contribution in [1.29, 1.82) is 0 Å². The average molecular weight is 460 g/mol. The van der Waals surface area contributed by atoms with Gasteiger partial charge in [-0.25, -0.2) is 0 Å². The first kappa shape index (κ1) is 21.3. The summed E-state index contributed by atoms with van der Waals surface area (Å²) in [5.74, 6) is -2.08. The number of hydrogen-bond donors (Lipinski definition) is 1. The number of nitrogens with one attached hydrogen (secondary N) is 1. The van der Waals surface area contributed by atoms with Crippen molar-refractivity contribution in [3.8, 4) is 11.5 Å². The SMILES string of the molecule is COc1ccccc1N1C[C@@]23C=C[C@@H](O2)[C@@H](C(=O)Nc2ccc(OC(F)(F)F)cc2)[C@H]3C1=O. The van der Waals surface area contributed by atoms with Gasteiger partial charge in [0.05, 0.1) is 37.3 Å². The van der Waals surface area contributed by atoms with Crippen LogP contribution in [0.5, 0.6) is 11.5 Å². The van der Waals surface area contributed by atoms with Gasteiger partial charge in [-0.3, -0.25) is 9.59 Å². The van der Waals surface area contributed by atoms with Crippen LogP contribution in [0.1, 0.15) is 0 Å². The number of para-hydroxylation sites is 2. The number of hydrogen-bond acceptors (Lipinski definition) is 5. The number of anilines is 2. The van der Waals surface area contributed by atoms with Gasteiger partial charge in [0, 0.05) is 5.69 Å². The fraction of sp³-hybridized carbons (Fsp3) is 0.304. The monoisotopic (exact) mass is 460 g/mol. The highest BCUT2D eigenvalue weighted by Gasteiger charge is 2.67. The molecule has 1 spiro atoms. The zero-order chi connectivity index (χ0) is 23.4. The number of carbonyl (C=O) groups excluding carboxylic acids is 2. The van der Waals surface area contributed by atoms with Crippen LogP contribution in [-0.4, -0.2) is 43.5 Å². The number of ether oxygens (including phenoxy) is 3. The maximum absolute atomic E-state index is 13.4. The summed E-state index contributed by atoms with van der Waals surface area (Å²) in [5.41, 5.74) is -0.0503. The molecule has 2 fully saturated rings. The molecule has 0 radical (unpaired) electrons. The molecule has 2 bridgehead atoms. The Morgan fingerprint density at radius 2 is 1.91 bits per heavy atom. The number of rotatable bonds is 5. The lowest BCUT2D eigenvalue weighted by Crippen LogP contribution is -2.41. The summed E-state index contributed by atoms with van der Waals surface area (Å²) in [4.78, 5) is 28.1. The average Bonchev–Trinajstić information content (AvgIpc) is 3.42. The van der Waals surface area contributed by atoms with Gasteiger partial charge in [-0.15, -0.1) is 13.2 Å². The van der Waals surface area contributed by atoms with Crippen molar-refractivity contribution in [2.24, 2.45) is 11.8 Å². The van der Waals surface area contributed by atoms with E-state index in [0.717, 1.165) is 12.1 Å². The van der Waals surface area contributed by atoms with Crippen molar-refractivity contribution in [2.45, 2.75) is 18.1 Å². The number of fused-ring (bicyclic) bond motifs is 1. The molecule has 10 heteroatoms. The minimum Gasteiger partial charge on any atom is -0.495 e. The number of alkyl halides is 3. The topological polar surface area (TPSA) is 77.1 Å². The zero-order valence-corrected chi connectivity index (χ0v) is 17.3. The van der Waals surface area contributed by atoms with Crippen LogP contribution in [0.2, 0.25) is 0 Å². The molecule has 1 N–H and O–H groups in total. The van der Waals surface area contributed by atoms with E-state index in [-0.39, 0.29) is 18.1 Å². The second-order valence-corrected chi connectivity index (χ2v) is 8.06. The smallest absolute Gasteiger partial charge is 0.495 e. The van der Waals surface area contributed by atoms with Crippen LogP contribution in [-0.2, 0) is 14.3 Å². The van der Waals surface area contributed by atoms with Crippen LogP contribution in [0.4, 0.5) is 24.5 Å². The lowest BCUT2D eigenvalue weighted by Gasteiger charge is -2.23. The van der Waals surface area contributed by atoms with Gasteiger partial charge in [-0.1, -0.05) is 24.3 Å². The summed E-state index contributed by atoms with van der Waals surface area (Å²) < 4.78 is 52.4. The van der Waals surface area contributed by atoms with Gasteiger partial charge in [0.2, 0.25) is 11.8 Å². The summed E-state index contributed by atoms with van der Waals surface area (Å²) in [7, 11) is 1.52. The number of amides is 2. The van der Waals surface area contributed by atoms with Crippen LogP contribution in [0.25, 0.3) is 0 Å². The van der Waals surface area contributed by atoms with Crippen molar-refractivity contribution >= 4 is 23.2 Å². The molecule has 7 nitrogen and oxygen atoms in total. The Bertz CT molecular complexity index is 1130. The second kappa shape index (κ2) is 7.51. The quantitative estimate of drug-likeness (QED) is 0.691. The molecule has 0 saturated carbocycles. The zero-order valence-electron chi connectivity index (χ0n) is 17.3. The van der Waals surface area contributed by atoms with Gasteiger partial charge < -0.3 is 24.4 Å². The van der Waals surface area contributed by atoms with Crippen molar-refractivity contribution in [3.05, 3.63) is 60.7 Å². The van der Waals surface area contributed by atoms with Gasteiger partial charge in [-0.2, -0.15) is 0 Å². The van der Waals surface area contributed by atoms with E-state index in [1.165, 1.54) is 19.2 Å². The van der Waals surface area contributed by atoms with E-state index < -0.39 is 41.6 Å². The van der Waals surface area contributed by atoms with Gasteiger partial charge in [-0.05, 0) is 36.4 Å². The molecule has 5 rings (SSSR count). The molecule has 3 aliphatic rings. The number of methoxy groups -OCH3 is 1. The number of benzene rings is 2. The van der Waals surface area contributed by atoms with Crippen molar-refractivity contribution < 1.29 is 37.0 Å². The largest absolute Gasteiger partial charge is 0.573 e. The maximum atomic E-state index is 13.4. The Hall–Kier alpha value is -3.53. The minimum absolute atomic E-state index is 0.247. The molecule has 4 atom stereocenters. The van der Waals surface area contributed by atoms with Crippen molar-refractivity contribution in [1.82, 2.24) is 0 Å². The van der Waals surface area contributed by atoms with Crippen LogP contribution in [0, 0.1) is 11.8 Å². The molecule has 3 heterocycles. The maximum Gasteiger partial charge on any atom is 0.573 e. The standard InChI is InChI=1S/C23H19F3N2O5/c1-31-16-5-3-2-4-15(16)28-12-22-11-10-17(33-22)18(19(22)21(28)30)20(29)27-13-6-8-14(9-7-13)32-23(24,25)26/h2-11,17-19H,12H2,1H3,(H,27,29)/t17-,18-,19+,22-/m1/s1. The predicted octanol–water partition coefficient (Wildman–Crippen LogP) is 3.52. The molecule has 2 amide bonds. The van der Waals surface area contributed by atoms with E-state index in [1.54, 1.807) is 35.2 Å².